The fourth-order valence-corrected chi connectivity index (χ4v) is 2.86. The van der Waals surface area contributed by atoms with E-state index in [4.69, 9.17) is 16.3 Å². The number of ether oxygens (including phenoxy) is 1. The van der Waals surface area contributed by atoms with Gasteiger partial charge in [-0.3, -0.25) is 4.57 Å². The summed E-state index contributed by atoms with van der Waals surface area (Å²) in [6, 6.07) is 12.0. The number of halogens is 1. The van der Waals surface area contributed by atoms with Gasteiger partial charge in [0.25, 0.3) is 0 Å². The average molecular weight is 320 g/mol. The van der Waals surface area contributed by atoms with Crippen molar-refractivity contribution in [2.45, 2.75) is 18.5 Å². The van der Waals surface area contributed by atoms with Gasteiger partial charge in [0, 0.05) is 6.20 Å². The van der Waals surface area contributed by atoms with Crippen molar-refractivity contribution in [2.24, 2.45) is 0 Å². The first-order valence-electron chi connectivity index (χ1n) is 6.46. The highest BCUT2D eigenvalue weighted by Gasteiger charge is 2.12. The Labute approximate surface area is 132 Å². The molecule has 0 aliphatic carbocycles. The van der Waals surface area contributed by atoms with Crippen LogP contribution in [0.15, 0.2) is 47.8 Å². The van der Waals surface area contributed by atoms with E-state index in [9.17, 15) is 0 Å². The molecular formula is C15H14ClN3OS. The molecular weight excluding hydrogens is 306 g/mol. The van der Waals surface area contributed by atoms with Crippen molar-refractivity contribution in [3.8, 4) is 0 Å². The first kappa shape index (κ1) is 14.4. The molecule has 108 valence electrons. The lowest BCUT2D eigenvalue weighted by atomic mass is 10.2. The monoisotopic (exact) mass is 319 g/mol. The van der Waals surface area contributed by atoms with Crippen LogP contribution in [0.25, 0.3) is 11.0 Å². The van der Waals surface area contributed by atoms with Crippen LogP contribution in [0.2, 0.25) is 5.15 Å². The van der Waals surface area contributed by atoms with Crippen molar-refractivity contribution in [1.82, 2.24) is 14.5 Å². The summed E-state index contributed by atoms with van der Waals surface area (Å²) in [5.41, 5.74) is 2.80. The first-order valence-corrected chi connectivity index (χ1v) is 8.06. The normalized spacial score (nSPS) is 11.1. The number of pyridine rings is 1. The lowest BCUT2D eigenvalue weighted by Crippen LogP contribution is -2.04. The van der Waals surface area contributed by atoms with Crippen LogP contribution >= 0.6 is 23.4 Å². The van der Waals surface area contributed by atoms with Crippen LogP contribution in [0.5, 0.6) is 0 Å². The predicted molar refractivity (Wildman–Crippen MR) is 85.6 cm³/mol. The fraction of sp³-hybridized carbons (Fsp3) is 0.200. The second-order valence-electron chi connectivity index (χ2n) is 4.46. The van der Waals surface area contributed by atoms with Gasteiger partial charge in [0.15, 0.2) is 10.3 Å². The molecule has 0 unspecified atom stereocenters. The molecule has 0 bridgehead atoms. The number of hydrogen-bond acceptors (Lipinski definition) is 4. The molecule has 4 nitrogen and oxygen atoms in total. The van der Waals surface area contributed by atoms with Crippen molar-refractivity contribution >= 4 is 34.4 Å². The van der Waals surface area contributed by atoms with E-state index in [-0.39, 0.29) is 0 Å². The molecule has 0 radical (unpaired) electrons. The lowest BCUT2D eigenvalue weighted by molar-refractivity contribution is 0.0613. The fourth-order valence-electron chi connectivity index (χ4n) is 2.11. The summed E-state index contributed by atoms with van der Waals surface area (Å²) in [6.45, 7) is 0.995. The van der Waals surface area contributed by atoms with E-state index >= 15 is 0 Å². The summed E-state index contributed by atoms with van der Waals surface area (Å²) in [7, 11) is 0. The standard InChI is InChI=1S/C15H14ClN3OS/c1-21-15-18-13-12(7-8-17-14(13)16)19(15)10-20-9-11-5-3-2-4-6-11/h2-8H,9-10H2,1H3. The molecule has 0 aliphatic heterocycles. The maximum atomic E-state index is 6.09. The molecule has 0 amide bonds. The van der Waals surface area contributed by atoms with Crippen molar-refractivity contribution in [1.29, 1.82) is 0 Å². The van der Waals surface area contributed by atoms with Crippen LogP contribution < -0.4 is 0 Å². The molecule has 0 atom stereocenters. The highest BCUT2D eigenvalue weighted by atomic mass is 35.5. The molecule has 2 heterocycles. The highest BCUT2D eigenvalue weighted by molar-refractivity contribution is 7.98. The molecule has 0 saturated heterocycles. The molecule has 21 heavy (non-hydrogen) atoms. The van der Waals surface area contributed by atoms with Crippen molar-refractivity contribution < 1.29 is 4.74 Å². The molecule has 0 saturated carbocycles. The highest BCUT2D eigenvalue weighted by Crippen LogP contribution is 2.26. The van der Waals surface area contributed by atoms with Crippen LogP contribution in [0, 0.1) is 0 Å². The quantitative estimate of drug-likeness (QED) is 0.527. The van der Waals surface area contributed by atoms with Gasteiger partial charge in [-0.25, -0.2) is 9.97 Å². The van der Waals surface area contributed by atoms with E-state index in [1.165, 1.54) is 0 Å². The van der Waals surface area contributed by atoms with E-state index < -0.39 is 0 Å². The minimum absolute atomic E-state index is 0.421. The molecule has 0 N–H and O–H groups in total. The van der Waals surface area contributed by atoms with Gasteiger partial charge < -0.3 is 4.74 Å². The Morgan fingerprint density at radius 1 is 1.24 bits per heavy atom. The van der Waals surface area contributed by atoms with Gasteiger partial charge in [-0.1, -0.05) is 53.7 Å². The summed E-state index contributed by atoms with van der Waals surface area (Å²) in [5.74, 6) is 0. The second-order valence-corrected chi connectivity index (χ2v) is 5.59. The summed E-state index contributed by atoms with van der Waals surface area (Å²) in [5, 5.41) is 1.29. The number of fused-ring (bicyclic) bond motifs is 1. The number of nitrogens with zero attached hydrogens (tertiary/aromatic N) is 3. The number of benzene rings is 1. The zero-order valence-electron chi connectivity index (χ0n) is 11.5. The van der Waals surface area contributed by atoms with Crippen molar-refractivity contribution in [3.05, 3.63) is 53.3 Å². The van der Waals surface area contributed by atoms with Gasteiger partial charge in [0.1, 0.15) is 12.2 Å². The Hall–Kier alpha value is -1.56. The average Bonchev–Trinajstić information content (AvgIpc) is 2.88. The van der Waals surface area contributed by atoms with Gasteiger partial charge in [-0.2, -0.15) is 0 Å². The third kappa shape index (κ3) is 3.05. The Kier molecular flexibility index (Phi) is 4.43. The summed E-state index contributed by atoms with van der Waals surface area (Å²) in [4.78, 5) is 8.57. The minimum atomic E-state index is 0.421. The molecule has 1 aromatic carbocycles. The SMILES string of the molecule is CSc1nc2c(Cl)nccc2n1COCc1ccccc1. The number of hydrogen-bond donors (Lipinski definition) is 0. The molecule has 0 aliphatic rings. The zero-order valence-corrected chi connectivity index (χ0v) is 13.1. The Balaban J connectivity index is 1.81. The van der Waals surface area contributed by atoms with Crippen LogP contribution in [0.1, 0.15) is 5.56 Å². The number of thioether (sulfide) groups is 1. The van der Waals surface area contributed by atoms with E-state index in [1.807, 2.05) is 47.2 Å². The maximum Gasteiger partial charge on any atom is 0.170 e. The number of aromatic nitrogens is 3. The predicted octanol–water partition coefficient (Wildman–Crippen LogP) is 3.98. The second kappa shape index (κ2) is 6.47. The Morgan fingerprint density at radius 3 is 2.81 bits per heavy atom. The maximum absolute atomic E-state index is 6.09. The number of imidazole rings is 1. The Bertz CT molecular complexity index is 745. The van der Waals surface area contributed by atoms with Crippen LogP contribution in [0.3, 0.4) is 0 Å². The van der Waals surface area contributed by atoms with Crippen LogP contribution in [-0.4, -0.2) is 20.8 Å². The summed E-state index contributed by atoms with van der Waals surface area (Å²) < 4.78 is 7.81. The van der Waals surface area contributed by atoms with Gasteiger partial charge in [-0.15, -0.1) is 0 Å². The van der Waals surface area contributed by atoms with Crippen molar-refractivity contribution in [3.63, 3.8) is 0 Å². The van der Waals surface area contributed by atoms with Gasteiger partial charge in [0.05, 0.1) is 12.1 Å². The summed E-state index contributed by atoms with van der Waals surface area (Å²) in [6.07, 6.45) is 3.67. The molecule has 6 heteroatoms. The number of rotatable bonds is 5. The first-order chi connectivity index (χ1) is 10.3. The topological polar surface area (TPSA) is 39.9 Å². The van der Waals surface area contributed by atoms with E-state index in [0.29, 0.717) is 24.0 Å². The van der Waals surface area contributed by atoms with Gasteiger partial charge in [-0.05, 0) is 17.9 Å². The van der Waals surface area contributed by atoms with Gasteiger partial charge >= 0.3 is 0 Å². The Morgan fingerprint density at radius 2 is 2.05 bits per heavy atom. The zero-order chi connectivity index (χ0) is 14.7. The third-order valence-electron chi connectivity index (χ3n) is 3.10. The smallest absolute Gasteiger partial charge is 0.170 e. The van der Waals surface area contributed by atoms with E-state index in [0.717, 1.165) is 16.2 Å². The van der Waals surface area contributed by atoms with Crippen LogP contribution in [0.4, 0.5) is 0 Å². The third-order valence-corrected chi connectivity index (χ3v) is 4.06. The molecule has 0 spiro atoms. The van der Waals surface area contributed by atoms with E-state index in [2.05, 4.69) is 9.97 Å². The van der Waals surface area contributed by atoms with Gasteiger partial charge in [0.2, 0.25) is 0 Å². The van der Waals surface area contributed by atoms with Crippen LogP contribution in [-0.2, 0) is 18.1 Å². The van der Waals surface area contributed by atoms with E-state index in [1.54, 1.807) is 18.0 Å². The molecule has 0 fully saturated rings. The lowest BCUT2D eigenvalue weighted by Gasteiger charge is -2.09. The largest absolute Gasteiger partial charge is 0.356 e. The minimum Gasteiger partial charge on any atom is -0.356 e. The molecule has 3 rings (SSSR count). The molecule has 2 aromatic heterocycles. The van der Waals surface area contributed by atoms with Crippen molar-refractivity contribution in [2.75, 3.05) is 6.26 Å². The molecule has 3 aromatic rings. The summed E-state index contributed by atoms with van der Waals surface area (Å²) >= 11 is 7.65.